The van der Waals surface area contributed by atoms with E-state index in [1.165, 1.54) is 10.4 Å². The average Bonchev–Trinajstić information content (AvgIpc) is 3.24. The summed E-state index contributed by atoms with van der Waals surface area (Å²) in [5.74, 6) is 0.309. The van der Waals surface area contributed by atoms with Gasteiger partial charge in [-0.3, -0.25) is 4.79 Å². The number of benzene rings is 2. The smallest absolute Gasteiger partial charge is 0.261 e. The van der Waals surface area contributed by atoms with E-state index < -0.39 is 8.32 Å². The molecule has 2 aliphatic heterocycles. The molecule has 2 fully saturated rings. The minimum Gasteiger partial charge on any atom is -0.405 e. The van der Waals surface area contributed by atoms with Gasteiger partial charge in [-0.25, -0.2) is 0 Å². The van der Waals surface area contributed by atoms with Crippen LogP contribution in [0.1, 0.15) is 46.5 Å². The van der Waals surface area contributed by atoms with Gasteiger partial charge in [0.2, 0.25) is 5.91 Å². The van der Waals surface area contributed by atoms with Crippen LogP contribution in [0.25, 0.3) is 0 Å². The van der Waals surface area contributed by atoms with Crippen molar-refractivity contribution >= 4 is 24.6 Å². The van der Waals surface area contributed by atoms with Crippen LogP contribution in [0.3, 0.4) is 0 Å². The summed E-state index contributed by atoms with van der Waals surface area (Å²) in [5, 5.41) is 2.58. The van der Waals surface area contributed by atoms with Gasteiger partial charge >= 0.3 is 0 Å². The summed E-state index contributed by atoms with van der Waals surface area (Å²) in [5.41, 5.74) is -0.0931. The van der Waals surface area contributed by atoms with Crippen LogP contribution in [0.5, 0.6) is 0 Å². The number of carbonyl (C=O) groups excluding carboxylic acids is 1. The molecule has 2 saturated heterocycles. The number of hydrogen-bond donors (Lipinski definition) is 0. The van der Waals surface area contributed by atoms with E-state index in [0.29, 0.717) is 18.9 Å². The lowest BCUT2D eigenvalue weighted by molar-refractivity contribution is -0.130. The number of fused-ring (bicyclic) bond motifs is 1. The van der Waals surface area contributed by atoms with Crippen molar-refractivity contribution in [3.8, 4) is 0 Å². The van der Waals surface area contributed by atoms with Gasteiger partial charge in [0.15, 0.2) is 0 Å². The first kappa shape index (κ1) is 19.4. The monoisotopic (exact) mass is 393 g/mol. The zero-order valence-electron chi connectivity index (χ0n) is 17.3. The van der Waals surface area contributed by atoms with Gasteiger partial charge in [-0.1, -0.05) is 81.4 Å². The molecule has 1 unspecified atom stereocenters. The molecule has 4 rings (SSSR count). The fraction of sp³-hybridized carbons (Fsp3) is 0.458. The third-order valence-electron chi connectivity index (χ3n) is 6.68. The molecule has 0 aromatic heterocycles. The van der Waals surface area contributed by atoms with Crippen LogP contribution in [0.15, 0.2) is 60.7 Å². The number of carbonyl (C=O) groups is 1. The van der Waals surface area contributed by atoms with Gasteiger partial charge in [0.05, 0.1) is 12.1 Å². The van der Waals surface area contributed by atoms with Crippen molar-refractivity contribution in [1.82, 2.24) is 4.90 Å². The highest BCUT2D eigenvalue weighted by molar-refractivity contribution is 6.99. The zero-order valence-corrected chi connectivity index (χ0v) is 18.3. The van der Waals surface area contributed by atoms with Crippen molar-refractivity contribution in [3.63, 3.8) is 0 Å². The number of rotatable bonds is 5. The minimum atomic E-state index is -2.54. The van der Waals surface area contributed by atoms with E-state index in [0.717, 1.165) is 25.8 Å². The summed E-state index contributed by atoms with van der Waals surface area (Å²) in [6, 6.07) is 21.5. The molecule has 0 radical (unpaired) electrons. The van der Waals surface area contributed by atoms with Crippen LogP contribution in [0, 0.1) is 0 Å². The molecular weight excluding hydrogens is 362 g/mol. The topological polar surface area (TPSA) is 29.5 Å². The van der Waals surface area contributed by atoms with E-state index >= 15 is 0 Å². The highest BCUT2D eigenvalue weighted by atomic mass is 28.4. The third-order valence-corrected chi connectivity index (χ3v) is 11.7. The highest BCUT2D eigenvalue weighted by Crippen LogP contribution is 2.43. The zero-order chi connectivity index (χ0) is 19.8. The second-order valence-corrected chi connectivity index (χ2v) is 13.6. The molecule has 2 aromatic carbocycles. The van der Waals surface area contributed by atoms with Gasteiger partial charge in [-0.15, -0.1) is 0 Å². The molecule has 1 atom stereocenters. The summed E-state index contributed by atoms with van der Waals surface area (Å²) >= 11 is 0. The van der Waals surface area contributed by atoms with Crippen molar-refractivity contribution in [2.24, 2.45) is 0 Å². The molecule has 2 aliphatic rings. The molecule has 148 valence electrons. The van der Waals surface area contributed by atoms with Crippen molar-refractivity contribution in [2.45, 2.75) is 57.0 Å². The molecule has 0 spiro atoms. The van der Waals surface area contributed by atoms with E-state index in [1.807, 2.05) is 0 Å². The molecule has 3 nitrogen and oxygen atoms in total. The van der Waals surface area contributed by atoms with E-state index in [4.69, 9.17) is 4.43 Å². The summed E-state index contributed by atoms with van der Waals surface area (Å²) in [6.07, 6.45) is 3.76. The molecule has 4 heteroatoms. The van der Waals surface area contributed by atoms with Gasteiger partial charge in [-0.05, 0) is 34.7 Å². The van der Waals surface area contributed by atoms with E-state index in [2.05, 4.69) is 86.3 Å². The molecule has 1 amide bonds. The first-order chi connectivity index (χ1) is 13.4. The predicted octanol–water partition coefficient (Wildman–Crippen LogP) is 3.72. The van der Waals surface area contributed by atoms with Gasteiger partial charge < -0.3 is 9.33 Å². The Kier molecular flexibility index (Phi) is 4.96. The van der Waals surface area contributed by atoms with E-state index in [9.17, 15) is 4.79 Å². The Balaban J connectivity index is 1.79. The first-order valence-electron chi connectivity index (χ1n) is 10.4. The van der Waals surface area contributed by atoms with Crippen LogP contribution < -0.4 is 10.4 Å². The summed E-state index contributed by atoms with van der Waals surface area (Å²) in [4.78, 5) is 14.5. The molecule has 0 bridgehead atoms. The maximum Gasteiger partial charge on any atom is 0.261 e. The summed E-state index contributed by atoms with van der Waals surface area (Å²) in [6.45, 7) is 8.46. The molecule has 28 heavy (non-hydrogen) atoms. The van der Waals surface area contributed by atoms with E-state index in [1.54, 1.807) is 0 Å². The molecule has 0 N–H and O–H groups in total. The maximum atomic E-state index is 12.4. The first-order valence-corrected chi connectivity index (χ1v) is 12.4. The standard InChI is InChI=1S/C24H31NO2Si/c1-23(2,3)28(20-11-6-4-7-12-20,21-13-8-5-9-14-21)27-19-24-16-10-18-25(24)22(26)15-17-24/h4-9,11-14H,10,15-19H2,1-3H3. The molecule has 0 aliphatic carbocycles. The lowest BCUT2D eigenvalue weighted by Gasteiger charge is -2.45. The van der Waals surface area contributed by atoms with Crippen molar-refractivity contribution in [1.29, 1.82) is 0 Å². The largest absolute Gasteiger partial charge is 0.405 e. The molecule has 2 aromatic rings. The Hall–Kier alpha value is -1.91. The SMILES string of the molecule is CC(C)(C)[Si](OCC12CCCN1C(=O)CC2)(c1ccccc1)c1ccccc1. The Morgan fingerprint density at radius 2 is 1.54 bits per heavy atom. The normalized spacial score (nSPS) is 22.5. The van der Waals surface area contributed by atoms with Crippen LogP contribution in [0.4, 0.5) is 0 Å². The number of nitrogens with zero attached hydrogens (tertiary/aromatic N) is 1. The minimum absolute atomic E-state index is 0.0294. The Bertz CT molecular complexity index is 791. The lowest BCUT2D eigenvalue weighted by Crippen LogP contribution is -2.68. The van der Waals surface area contributed by atoms with Crippen LogP contribution >= 0.6 is 0 Å². The average molecular weight is 394 g/mol. The summed E-state index contributed by atoms with van der Waals surface area (Å²) < 4.78 is 7.15. The Morgan fingerprint density at radius 3 is 2.07 bits per heavy atom. The van der Waals surface area contributed by atoms with Crippen LogP contribution in [-0.2, 0) is 9.22 Å². The van der Waals surface area contributed by atoms with Gasteiger partial charge in [-0.2, -0.15) is 0 Å². The van der Waals surface area contributed by atoms with E-state index in [-0.39, 0.29) is 10.6 Å². The lowest BCUT2D eigenvalue weighted by atomic mass is 9.95. The van der Waals surface area contributed by atoms with Gasteiger partial charge in [0, 0.05) is 13.0 Å². The highest BCUT2D eigenvalue weighted by Gasteiger charge is 2.54. The fourth-order valence-electron chi connectivity index (χ4n) is 5.29. The second-order valence-electron chi connectivity index (χ2n) is 9.33. The van der Waals surface area contributed by atoms with Crippen LogP contribution in [0.2, 0.25) is 5.04 Å². The van der Waals surface area contributed by atoms with Crippen LogP contribution in [-0.4, -0.2) is 37.8 Å². The maximum absolute atomic E-state index is 12.4. The number of hydrogen-bond acceptors (Lipinski definition) is 2. The third kappa shape index (κ3) is 3.03. The van der Waals surface area contributed by atoms with Crippen molar-refractivity contribution in [2.75, 3.05) is 13.2 Å². The number of amides is 1. The van der Waals surface area contributed by atoms with Gasteiger partial charge in [0.25, 0.3) is 8.32 Å². The van der Waals surface area contributed by atoms with Gasteiger partial charge in [0.1, 0.15) is 0 Å². The Labute approximate surface area is 169 Å². The predicted molar refractivity (Wildman–Crippen MR) is 116 cm³/mol. The second kappa shape index (κ2) is 7.16. The van der Waals surface area contributed by atoms with Crippen molar-refractivity contribution in [3.05, 3.63) is 60.7 Å². The summed E-state index contributed by atoms with van der Waals surface area (Å²) in [7, 11) is -2.54. The fourth-order valence-corrected chi connectivity index (χ4v) is 9.93. The quantitative estimate of drug-likeness (QED) is 0.725. The molecular formula is C24H31NO2Si. The van der Waals surface area contributed by atoms with Crippen molar-refractivity contribution < 1.29 is 9.22 Å². The molecule has 2 heterocycles. The Morgan fingerprint density at radius 1 is 0.964 bits per heavy atom. The molecule has 0 saturated carbocycles.